The van der Waals surface area contributed by atoms with Crippen molar-refractivity contribution in [2.75, 3.05) is 6.61 Å². The van der Waals surface area contributed by atoms with Crippen LogP contribution in [-0.4, -0.2) is 30.4 Å². The van der Waals surface area contributed by atoms with Gasteiger partial charge in [0.25, 0.3) is 0 Å². The first kappa shape index (κ1) is 17.5. The number of rotatable bonds is 7. The molecular weight excluding hydrogens is 308 g/mol. The van der Waals surface area contributed by atoms with Gasteiger partial charge in [-0.05, 0) is 23.3 Å². The van der Waals surface area contributed by atoms with E-state index in [1.807, 2.05) is 42.5 Å². The lowest BCUT2D eigenvalue weighted by Gasteiger charge is -2.14. The van der Waals surface area contributed by atoms with Crippen LogP contribution in [0.4, 0.5) is 0 Å². The van der Waals surface area contributed by atoms with Crippen molar-refractivity contribution in [3.05, 3.63) is 48.0 Å². The Kier molecular flexibility index (Phi) is 5.89. The van der Waals surface area contributed by atoms with E-state index in [-0.39, 0.29) is 25.4 Å². The highest BCUT2D eigenvalue weighted by atomic mass is 16.5. The van der Waals surface area contributed by atoms with Gasteiger partial charge < -0.3 is 15.8 Å². The number of hydrogen-bond donors (Lipinski definition) is 2. The monoisotopic (exact) mass is 328 g/mol. The number of hydrogen-bond acceptors (Lipinski definition) is 4. The highest BCUT2D eigenvalue weighted by Gasteiger charge is 2.22. The summed E-state index contributed by atoms with van der Waals surface area (Å²) in [6.07, 6.45) is -0.177. The van der Waals surface area contributed by atoms with Crippen molar-refractivity contribution in [1.82, 2.24) is 5.32 Å². The third-order valence-electron chi connectivity index (χ3n) is 3.53. The molecule has 0 unspecified atom stereocenters. The Hall–Kier alpha value is -2.89. The molecule has 0 fully saturated rings. The van der Waals surface area contributed by atoms with Gasteiger partial charge in [-0.1, -0.05) is 42.5 Å². The summed E-state index contributed by atoms with van der Waals surface area (Å²) in [7, 11) is 0. The standard InChI is InChI=1S/C18H20N2O4/c1-2-24-17(22)11-15(18(19)23)20-16(21)10-12-7-8-13-5-3-4-6-14(13)9-12/h3-9,15H,2,10-11H2,1H3,(H2,19,23)(H,20,21)/t15-/m0/s1. The van der Waals surface area contributed by atoms with Gasteiger partial charge in [-0.2, -0.15) is 0 Å². The number of carbonyl (C=O) groups is 3. The van der Waals surface area contributed by atoms with Gasteiger partial charge in [0.15, 0.2) is 0 Å². The fourth-order valence-corrected chi connectivity index (χ4v) is 2.39. The fraction of sp³-hybridized carbons (Fsp3) is 0.278. The second-order valence-electron chi connectivity index (χ2n) is 5.39. The van der Waals surface area contributed by atoms with Crippen molar-refractivity contribution in [3.8, 4) is 0 Å². The lowest BCUT2D eigenvalue weighted by Crippen LogP contribution is -2.46. The quantitative estimate of drug-likeness (QED) is 0.749. The van der Waals surface area contributed by atoms with E-state index in [0.29, 0.717) is 0 Å². The third-order valence-corrected chi connectivity index (χ3v) is 3.53. The van der Waals surface area contributed by atoms with Crippen molar-refractivity contribution in [3.63, 3.8) is 0 Å². The SMILES string of the molecule is CCOC(=O)C[C@H](NC(=O)Cc1ccc2ccccc2c1)C(N)=O. The maximum atomic E-state index is 12.1. The largest absolute Gasteiger partial charge is 0.466 e. The van der Waals surface area contributed by atoms with Gasteiger partial charge in [0.1, 0.15) is 6.04 Å². The van der Waals surface area contributed by atoms with Crippen molar-refractivity contribution in [2.45, 2.75) is 25.8 Å². The molecule has 2 aromatic rings. The number of ether oxygens (including phenoxy) is 1. The molecule has 0 radical (unpaired) electrons. The average Bonchev–Trinajstić information content (AvgIpc) is 2.54. The third kappa shape index (κ3) is 4.81. The molecule has 24 heavy (non-hydrogen) atoms. The Morgan fingerprint density at radius 3 is 2.50 bits per heavy atom. The number of primary amides is 1. The van der Waals surface area contributed by atoms with Crippen LogP contribution in [0.25, 0.3) is 10.8 Å². The molecule has 0 spiro atoms. The molecule has 2 rings (SSSR count). The lowest BCUT2D eigenvalue weighted by atomic mass is 10.0. The van der Waals surface area contributed by atoms with Gasteiger partial charge in [0, 0.05) is 0 Å². The minimum atomic E-state index is -1.07. The van der Waals surface area contributed by atoms with Gasteiger partial charge in [-0.15, -0.1) is 0 Å². The maximum absolute atomic E-state index is 12.1. The molecule has 0 saturated carbocycles. The second kappa shape index (κ2) is 8.10. The van der Waals surface area contributed by atoms with Crippen molar-refractivity contribution in [1.29, 1.82) is 0 Å². The smallest absolute Gasteiger partial charge is 0.308 e. The molecule has 3 N–H and O–H groups in total. The second-order valence-corrected chi connectivity index (χ2v) is 5.39. The Bertz CT molecular complexity index is 758. The molecule has 2 aromatic carbocycles. The van der Waals surface area contributed by atoms with Crippen LogP contribution in [0.15, 0.2) is 42.5 Å². The summed E-state index contributed by atoms with van der Waals surface area (Å²) in [5.74, 6) is -1.72. The molecule has 0 aliphatic carbocycles. The highest BCUT2D eigenvalue weighted by Crippen LogP contribution is 2.16. The van der Waals surface area contributed by atoms with Crippen LogP contribution in [-0.2, 0) is 25.5 Å². The number of esters is 1. The van der Waals surface area contributed by atoms with E-state index in [9.17, 15) is 14.4 Å². The van der Waals surface area contributed by atoms with E-state index in [2.05, 4.69) is 5.32 Å². The van der Waals surface area contributed by atoms with Gasteiger partial charge >= 0.3 is 5.97 Å². The molecule has 0 saturated heterocycles. The zero-order valence-electron chi connectivity index (χ0n) is 13.5. The summed E-state index contributed by atoms with van der Waals surface area (Å²) in [6, 6.07) is 12.5. The van der Waals surface area contributed by atoms with Crippen LogP contribution in [0.1, 0.15) is 18.9 Å². The van der Waals surface area contributed by atoms with E-state index >= 15 is 0 Å². The van der Waals surface area contributed by atoms with E-state index in [1.165, 1.54) is 0 Å². The molecule has 6 nitrogen and oxygen atoms in total. The summed E-state index contributed by atoms with van der Waals surface area (Å²) in [4.78, 5) is 35.0. The van der Waals surface area contributed by atoms with Crippen LogP contribution in [0.3, 0.4) is 0 Å². The number of benzene rings is 2. The molecule has 2 amide bonds. The predicted molar refractivity (Wildman–Crippen MR) is 90.0 cm³/mol. The molecule has 0 aliphatic heterocycles. The molecule has 0 aromatic heterocycles. The molecule has 0 aliphatic rings. The number of amides is 2. The van der Waals surface area contributed by atoms with Gasteiger partial charge in [-0.3, -0.25) is 14.4 Å². The zero-order valence-corrected chi connectivity index (χ0v) is 13.5. The normalized spacial score (nSPS) is 11.7. The minimum Gasteiger partial charge on any atom is -0.466 e. The Labute approximate surface area is 140 Å². The van der Waals surface area contributed by atoms with Gasteiger partial charge in [0.2, 0.25) is 11.8 Å². The summed E-state index contributed by atoms with van der Waals surface area (Å²) in [6.45, 7) is 1.87. The minimum absolute atomic E-state index is 0.0947. The lowest BCUT2D eigenvalue weighted by molar-refractivity contribution is -0.145. The number of carbonyl (C=O) groups excluding carboxylic acids is 3. The molecule has 126 valence electrons. The Morgan fingerprint density at radius 1 is 1.12 bits per heavy atom. The fourth-order valence-electron chi connectivity index (χ4n) is 2.39. The number of nitrogens with one attached hydrogen (secondary N) is 1. The zero-order chi connectivity index (χ0) is 17.5. The first-order chi connectivity index (χ1) is 11.5. The van der Waals surface area contributed by atoms with Crippen LogP contribution in [0.5, 0.6) is 0 Å². The first-order valence-corrected chi connectivity index (χ1v) is 7.71. The van der Waals surface area contributed by atoms with Crippen LogP contribution < -0.4 is 11.1 Å². The molecular formula is C18H20N2O4. The molecule has 0 heterocycles. The molecule has 6 heteroatoms. The maximum Gasteiger partial charge on any atom is 0.308 e. The number of nitrogens with two attached hydrogens (primary N) is 1. The van der Waals surface area contributed by atoms with Crippen LogP contribution in [0.2, 0.25) is 0 Å². The number of fused-ring (bicyclic) bond motifs is 1. The molecule has 1 atom stereocenters. The summed E-state index contributed by atoms with van der Waals surface area (Å²) < 4.78 is 4.77. The van der Waals surface area contributed by atoms with E-state index in [4.69, 9.17) is 10.5 Å². The van der Waals surface area contributed by atoms with Crippen LogP contribution >= 0.6 is 0 Å². The van der Waals surface area contributed by atoms with E-state index < -0.39 is 17.9 Å². The van der Waals surface area contributed by atoms with Crippen molar-refractivity contribution < 1.29 is 19.1 Å². The summed E-state index contributed by atoms with van der Waals surface area (Å²) in [5, 5.41) is 4.60. The molecule has 0 bridgehead atoms. The van der Waals surface area contributed by atoms with Crippen molar-refractivity contribution >= 4 is 28.6 Å². The van der Waals surface area contributed by atoms with Gasteiger partial charge in [-0.25, -0.2) is 0 Å². The Balaban J connectivity index is 2.01. The summed E-state index contributed by atoms with van der Waals surface area (Å²) in [5.41, 5.74) is 6.05. The van der Waals surface area contributed by atoms with E-state index in [1.54, 1.807) is 6.92 Å². The van der Waals surface area contributed by atoms with Crippen molar-refractivity contribution in [2.24, 2.45) is 5.73 Å². The predicted octanol–water partition coefficient (Wildman–Crippen LogP) is 1.31. The summed E-state index contributed by atoms with van der Waals surface area (Å²) >= 11 is 0. The van der Waals surface area contributed by atoms with E-state index in [0.717, 1.165) is 16.3 Å². The average molecular weight is 328 g/mol. The first-order valence-electron chi connectivity index (χ1n) is 7.71. The highest BCUT2D eigenvalue weighted by molar-refractivity contribution is 5.91. The van der Waals surface area contributed by atoms with Gasteiger partial charge in [0.05, 0.1) is 19.4 Å². The Morgan fingerprint density at radius 2 is 1.83 bits per heavy atom. The topological polar surface area (TPSA) is 98.5 Å². The van der Waals surface area contributed by atoms with Crippen LogP contribution in [0, 0.1) is 0 Å².